The molecule has 0 aliphatic carbocycles. The molecule has 0 radical (unpaired) electrons. The molecule has 0 heterocycles. The SMILES string of the molecule is CCC/C=C\C(N)=C\CC(C)(N)N. The second kappa shape index (κ2) is 5.78. The van der Waals surface area contributed by atoms with Crippen LogP contribution in [0.3, 0.4) is 0 Å². The minimum atomic E-state index is -0.663. The highest BCUT2D eigenvalue weighted by molar-refractivity contribution is 5.15. The summed E-state index contributed by atoms with van der Waals surface area (Å²) in [5.41, 5.74) is 16.9. The van der Waals surface area contributed by atoms with Crippen molar-refractivity contribution in [3.05, 3.63) is 23.9 Å². The summed E-state index contributed by atoms with van der Waals surface area (Å²) in [4.78, 5) is 0. The van der Waals surface area contributed by atoms with E-state index < -0.39 is 5.66 Å². The first kappa shape index (κ1) is 12.2. The quantitative estimate of drug-likeness (QED) is 0.443. The van der Waals surface area contributed by atoms with E-state index in [1.165, 1.54) is 0 Å². The molecule has 3 nitrogen and oxygen atoms in total. The van der Waals surface area contributed by atoms with Gasteiger partial charge >= 0.3 is 0 Å². The molecule has 0 saturated heterocycles. The van der Waals surface area contributed by atoms with Gasteiger partial charge in [0.25, 0.3) is 0 Å². The normalized spacial score (nSPS) is 14.0. The van der Waals surface area contributed by atoms with E-state index in [2.05, 4.69) is 13.0 Å². The van der Waals surface area contributed by atoms with E-state index in [1.54, 1.807) is 6.92 Å². The summed E-state index contributed by atoms with van der Waals surface area (Å²) in [5.74, 6) is 0. The van der Waals surface area contributed by atoms with Crippen LogP contribution in [0.5, 0.6) is 0 Å². The highest BCUT2D eigenvalue weighted by atomic mass is 14.9. The number of nitrogens with two attached hydrogens (primary N) is 3. The molecule has 3 heteroatoms. The molecule has 0 fully saturated rings. The number of hydrogen-bond acceptors (Lipinski definition) is 3. The molecule has 6 N–H and O–H groups in total. The van der Waals surface area contributed by atoms with Gasteiger partial charge in [-0.3, -0.25) is 0 Å². The van der Waals surface area contributed by atoms with Crippen LogP contribution in [-0.2, 0) is 0 Å². The highest BCUT2D eigenvalue weighted by Gasteiger charge is 2.07. The van der Waals surface area contributed by atoms with Gasteiger partial charge in [-0.05, 0) is 25.8 Å². The monoisotopic (exact) mass is 183 g/mol. The summed E-state index contributed by atoms with van der Waals surface area (Å²) in [6.45, 7) is 3.90. The predicted octanol–water partition coefficient (Wildman–Crippen LogP) is 1.21. The zero-order chi connectivity index (χ0) is 10.3. The van der Waals surface area contributed by atoms with Gasteiger partial charge in [-0.15, -0.1) is 0 Å². The van der Waals surface area contributed by atoms with E-state index in [9.17, 15) is 0 Å². The summed E-state index contributed by atoms with van der Waals surface area (Å²) in [5, 5.41) is 0. The van der Waals surface area contributed by atoms with Crippen molar-refractivity contribution < 1.29 is 0 Å². The zero-order valence-corrected chi connectivity index (χ0v) is 8.59. The van der Waals surface area contributed by atoms with Crippen LogP contribution < -0.4 is 17.2 Å². The van der Waals surface area contributed by atoms with Crippen LogP contribution in [0.4, 0.5) is 0 Å². The Morgan fingerprint density at radius 3 is 2.46 bits per heavy atom. The first-order chi connectivity index (χ1) is 5.95. The smallest absolute Gasteiger partial charge is 0.0643 e. The fraction of sp³-hybridized carbons (Fsp3) is 0.600. The molecule has 0 bridgehead atoms. The zero-order valence-electron chi connectivity index (χ0n) is 8.59. The average molecular weight is 183 g/mol. The van der Waals surface area contributed by atoms with E-state index in [-0.39, 0.29) is 0 Å². The lowest BCUT2D eigenvalue weighted by atomic mass is 10.1. The molecule has 0 amide bonds. The van der Waals surface area contributed by atoms with Crippen LogP contribution in [0.2, 0.25) is 0 Å². The third-order valence-electron chi connectivity index (χ3n) is 1.54. The van der Waals surface area contributed by atoms with Crippen molar-refractivity contribution in [2.24, 2.45) is 17.2 Å². The predicted molar refractivity (Wildman–Crippen MR) is 57.7 cm³/mol. The fourth-order valence-electron chi connectivity index (χ4n) is 0.792. The van der Waals surface area contributed by atoms with Gasteiger partial charge in [0, 0.05) is 5.70 Å². The van der Waals surface area contributed by atoms with Crippen LogP contribution in [-0.4, -0.2) is 5.66 Å². The Morgan fingerprint density at radius 1 is 1.38 bits per heavy atom. The molecule has 0 aromatic heterocycles. The van der Waals surface area contributed by atoms with Crippen molar-refractivity contribution in [3.8, 4) is 0 Å². The third-order valence-corrected chi connectivity index (χ3v) is 1.54. The molecule has 0 rings (SSSR count). The lowest BCUT2D eigenvalue weighted by Gasteiger charge is -2.15. The van der Waals surface area contributed by atoms with Gasteiger partial charge in [-0.2, -0.15) is 0 Å². The maximum Gasteiger partial charge on any atom is 0.0643 e. The van der Waals surface area contributed by atoms with Crippen molar-refractivity contribution in [2.45, 2.75) is 38.8 Å². The molecule has 76 valence electrons. The summed E-state index contributed by atoms with van der Waals surface area (Å²) < 4.78 is 0. The first-order valence-electron chi connectivity index (χ1n) is 4.65. The first-order valence-corrected chi connectivity index (χ1v) is 4.65. The molecule has 0 aromatic carbocycles. The van der Waals surface area contributed by atoms with Gasteiger partial charge in [0.1, 0.15) is 0 Å². The van der Waals surface area contributed by atoms with Gasteiger partial charge in [-0.25, -0.2) is 0 Å². The van der Waals surface area contributed by atoms with Crippen molar-refractivity contribution in [1.82, 2.24) is 0 Å². The molecule has 13 heavy (non-hydrogen) atoms. The van der Waals surface area contributed by atoms with E-state index in [4.69, 9.17) is 17.2 Å². The largest absolute Gasteiger partial charge is 0.399 e. The molecule has 0 aromatic rings. The number of unbranched alkanes of at least 4 members (excludes halogenated alkanes) is 1. The average Bonchev–Trinajstić information content (AvgIpc) is 2.00. The summed E-state index contributed by atoms with van der Waals surface area (Å²) >= 11 is 0. The van der Waals surface area contributed by atoms with E-state index in [1.807, 2.05) is 12.2 Å². The van der Waals surface area contributed by atoms with Gasteiger partial charge < -0.3 is 17.2 Å². The van der Waals surface area contributed by atoms with Gasteiger partial charge in [0.2, 0.25) is 0 Å². The minimum absolute atomic E-state index is 0.593. The second-order valence-corrected chi connectivity index (χ2v) is 3.61. The van der Waals surface area contributed by atoms with Crippen LogP contribution in [0, 0.1) is 0 Å². The standard InChI is InChI=1S/C10H21N3/c1-3-4-5-6-9(11)7-8-10(2,12)13/h5-7H,3-4,8,11-13H2,1-2H3/b6-5-,9-7-. The Hall–Kier alpha value is -0.800. The Labute approximate surface area is 80.7 Å². The number of rotatable bonds is 5. The lowest BCUT2D eigenvalue weighted by molar-refractivity contribution is 0.496. The number of allylic oxidation sites excluding steroid dienone is 2. The Balaban J connectivity index is 3.89. The molecule has 0 aliphatic rings. The van der Waals surface area contributed by atoms with Crippen LogP contribution in [0.1, 0.15) is 33.1 Å². The van der Waals surface area contributed by atoms with E-state index >= 15 is 0 Å². The fourth-order valence-corrected chi connectivity index (χ4v) is 0.792. The molecule has 0 atom stereocenters. The van der Waals surface area contributed by atoms with Crippen molar-refractivity contribution in [2.75, 3.05) is 0 Å². The van der Waals surface area contributed by atoms with Crippen LogP contribution >= 0.6 is 0 Å². The second-order valence-electron chi connectivity index (χ2n) is 3.61. The van der Waals surface area contributed by atoms with E-state index in [0.29, 0.717) is 6.42 Å². The Bertz CT molecular complexity index is 187. The van der Waals surface area contributed by atoms with Crippen molar-refractivity contribution in [3.63, 3.8) is 0 Å². The van der Waals surface area contributed by atoms with Crippen molar-refractivity contribution in [1.29, 1.82) is 0 Å². The Kier molecular flexibility index (Phi) is 5.42. The highest BCUT2D eigenvalue weighted by Crippen LogP contribution is 2.01. The topological polar surface area (TPSA) is 78.1 Å². The molecule has 0 saturated carbocycles. The van der Waals surface area contributed by atoms with E-state index in [0.717, 1.165) is 18.5 Å². The maximum absolute atomic E-state index is 5.68. The maximum atomic E-state index is 5.68. The minimum Gasteiger partial charge on any atom is -0.399 e. The molecular formula is C10H21N3. The summed E-state index contributed by atoms with van der Waals surface area (Å²) in [6, 6.07) is 0. The third kappa shape index (κ3) is 9.11. The summed E-state index contributed by atoms with van der Waals surface area (Å²) in [6.07, 6.45) is 8.58. The molecule has 0 aliphatic heterocycles. The van der Waals surface area contributed by atoms with Gasteiger partial charge in [-0.1, -0.05) is 25.5 Å². The molecular weight excluding hydrogens is 162 g/mol. The van der Waals surface area contributed by atoms with Crippen LogP contribution in [0.15, 0.2) is 23.9 Å². The molecule has 0 unspecified atom stereocenters. The lowest BCUT2D eigenvalue weighted by Crippen LogP contribution is -2.45. The summed E-state index contributed by atoms with van der Waals surface area (Å²) in [7, 11) is 0. The Morgan fingerprint density at radius 2 is 2.00 bits per heavy atom. The number of hydrogen-bond donors (Lipinski definition) is 3. The molecule has 0 spiro atoms. The van der Waals surface area contributed by atoms with Crippen LogP contribution in [0.25, 0.3) is 0 Å². The van der Waals surface area contributed by atoms with Crippen molar-refractivity contribution >= 4 is 0 Å². The van der Waals surface area contributed by atoms with Gasteiger partial charge in [0.05, 0.1) is 5.66 Å². The van der Waals surface area contributed by atoms with Gasteiger partial charge in [0.15, 0.2) is 0 Å².